The van der Waals surface area contributed by atoms with E-state index in [1.54, 1.807) is 41.4 Å². The molecule has 0 aliphatic carbocycles. The van der Waals surface area contributed by atoms with Crippen molar-refractivity contribution in [3.63, 3.8) is 0 Å². The first-order valence-electron chi connectivity index (χ1n) is 8.12. The molecule has 0 saturated carbocycles. The zero-order chi connectivity index (χ0) is 18.5. The Labute approximate surface area is 152 Å². The van der Waals surface area contributed by atoms with E-state index in [2.05, 4.69) is 9.98 Å². The van der Waals surface area contributed by atoms with Crippen LogP contribution in [0.4, 0.5) is 5.82 Å². The van der Waals surface area contributed by atoms with Crippen molar-refractivity contribution in [1.29, 1.82) is 0 Å². The van der Waals surface area contributed by atoms with Crippen molar-refractivity contribution >= 4 is 17.9 Å². The lowest BCUT2D eigenvalue weighted by molar-refractivity contribution is 0.103. The van der Waals surface area contributed by atoms with Gasteiger partial charge >= 0.3 is 0 Å². The number of hydrogen-bond acceptors (Lipinski definition) is 4. The number of carbonyl (C=O) groups excluding carboxylic acids is 1. The maximum atomic E-state index is 13.1. The van der Waals surface area contributed by atoms with E-state index >= 15 is 0 Å². The Morgan fingerprint density at radius 1 is 1.12 bits per heavy atom. The van der Waals surface area contributed by atoms with Crippen LogP contribution in [0.3, 0.4) is 0 Å². The molecule has 0 atom stereocenters. The third-order valence-corrected chi connectivity index (χ3v) is 3.76. The lowest BCUT2D eigenvalue weighted by atomic mass is 10.1. The highest BCUT2D eigenvalue weighted by molar-refractivity contribution is 6.11. The highest BCUT2D eigenvalue weighted by atomic mass is 16.5. The Morgan fingerprint density at radius 2 is 1.81 bits per heavy atom. The van der Waals surface area contributed by atoms with E-state index in [0.29, 0.717) is 17.1 Å². The molecular formula is C20H20N4O2. The maximum Gasteiger partial charge on any atom is 0.213 e. The van der Waals surface area contributed by atoms with Crippen LogP contribution in [-0.2, 0) is 0 Å². The van der Waals surface area contributed by atoms with Gasteiger partial charge in [0.15, 0.2) is 5.82 Å². The lowest BCUT2D eigenvalue weighted by Crippen LogP contribution is -2.10. The minimum absolute atomic E-state index is 0.134. The van der Waals surface area contributed by atoms with Crippen molar-refractivity contribution in [3.05, 3.63) is 72.2 Å². The van der Waals surface area contributed by atoms with Gasteiger partial charge in [-0.2, -0.15) is 0 Å². The summed E-state index contributed by atoms with van der Waals surface area (Å²) in [7, 11) is 5.34. The van der Waals surface area contributed by atoms with Crippen LogP contribution in [0.1, 0.15) is 16.1 Å². The molecule has 2 aromatic carbocycles. The average Bonchev–Trinajstić information content (AvgIpc) is 3.10. The highest BCUT2D eigenvalue weighted by Gasteiger charge is 2.21. The van der Waals surface area contributed by atoms with Crippen LogP contribution in [0.2, 0.25) is 0 Å². The largest absolute Gasteiger partial charge is 0.497 e. The summed E-state index contributed by atoms with van der Waals surface area (Å²) in [4.78, 5) is 23.6. The zero-order valence-corrected chi connectivity index (χ0v) is 15.0. The van der Waals surface area contributed by atoms with Gasteiger partial charge in [-0.05, 0) is 24.3 Å². The Bertz CT molecular complexity index is 913. The van der Waals surface area contributed by atoms with Gasteiger partial charge in [-0.3, -0.25) is 9.36 Å². The van der Waals surface area contributed by atoms with E-state index in [-0.39, 0.29) is 5.78 Å². The first-order chi connectivity index (χ1) is 12.6. The molecule has 1 aromatic heterocycles. The molecular weight excluding hydrogens is 328 g/mol. The van der Waals surface area contributed by atoms with Gasteiger partial charge in [0, 0.05) is 25.3 Å². The normalized spacial score (nSPS) is 10.9. The van der Waals surface area contributed by atoms with Crippen LogP contribution in [-0.4, -0.2) is 47.8 Å². The molecule has 0 unspecified atom stereocenters. The Morgan fingerprint density at radius 3 is 2.42 bits per heavy atom. The van der Waals surface area contributed by atoms with Gasteiger partial charge in [0.05, 0.1) is 13.4 Å². The molecule has 0 N–H and O–H groups in total. The fourth-order valence-electron chi connectivity index (χ4n) is 2.48. The van der Waals surface area contributed by atoms with Crippen LogP contribution in [0.15, 0.2) is 65.9 Å². The SMILES string of the molecule is COc1ccc(-n2cnc(N=CN(C)C)c2C(=O)c2ccccc2)cc1. The topological polar surface area (TPSA) is 59.7 Å². The van der Waals surface area contributed by atoms with Crippen molar-refractivity contribution in [1.82, 2.24) is 14.5 Å². The second-order valence-electron chi connectivity index (χ2n) is 5.89. The fraction of sp³-hybridized carbons (Fsp3) is 0.150. The van der Waals surface area contributed by atoms with Crippen LogP contribution in [0.25, 0.3) is 5.69 Å². The van der Waals surface area contributed by atoms with E-state index in [1.165, 1.54) is 0 Å². The molecule has 0 aliphatic rings. The first kappa shape index (κ1) is 17.4. The number of hydrogen-bond donors (Lipinski definition) is 0. The molecule has 6 nitrogen and oxygen atoms in total. The van der Waals surface area contributed by atoms with Crippen LogP contribution < -0.4 is 4.74 Å². The number of aliphatic imine (C=N–C) groups is 1. The van der Waals surface area contributed by atoms with Crippen molar-refractivity contribution in [2.24, 2.45) is 4.99 Å². The second kappa shape index (κ2) is 7.65. The number of carbonyl (C=O) groups is 1. The molecule has 1 heterocycles. The summed E-state index contributed by atoms with van der Waals surface area (Å²) in [5.74, 6) is 0.990. The Kier molecular flexibility index (Phi) is 5.12. The zero-order valence-electron chi connectivity index (χ0n) is 15.0. The summed E-state index contributed by atoms with van der Waals surface area (Å²) in [6.45, 7) is 0. The van der Waals surface area contributed by atoms with E-state index in [1.807, 2.05) is 56.6 Å². The second-order valence-corrected chi connectivity index (χ2v) is 5.89. The molecule has 0 aliphatic heterocycles. The van der Waals surface area contributed by atoms with E-state index in [0.717, 1.165) is 11.4 Å². The molecule has 0 radical (unpaired) electrons. The standard InChI is InChI=1S/C20H20N4O2/c1-23(2)13-21-20-18(19(25)15-7-5-4-6-8-15)24(14-22-20)16-9-11-17(26-3)12-10-16/h4-14H,1-3H3. The Hall–Kier alpha value is -3.41. The van der Waals surface area contributed by atoms with Crippen LogP contribution in [0.5, 0.6) is 5.75 Å². The number of rotatable bonds is 6. The smallest absolute Gasteiger partial charge is 0.213 e. The summed E-state index contributed by atoms with van der Waals surface area (Å²) < 4.78 is 6.95. The number of methoxy groups -OCH3 is 1. The number of imidazole rings is 1. The molecule has 3 aromatic rings. The number of nitrogens with zero attached hydrogens (tertiary/aromatic N) is 4. The minimum atomic E-state index is -0.134. The van der Waals surface area contributed by atoms with Gasteiger partial charge in [0.25, 0.3) is 0 Å². The molecule has 0 saturated heterocycles. The van der Waals surface area contributed by atoms with Crippen molar-refractivity contribution in [3.8, 4) is 11.4 Å². The number of ketones is 1. The number of ether oxygens (including phenoxy) is 1. The molecule has 6 heteroatoms. The summed E-state index contributed by atoms with van der Waals surface area (Å²) >= 11 is 0. The van der Waals surface area contributed by atoms with E-state index in [9.17, 15) is 4.79 Å². The predicted octanol–water partition coefficient (Wildman–Crippen LogP) is 3.33. The molecule has 0 spiro atoms. The summed E-state index contributed by atoms with van der Waals surface area (Å²) in [6, 6.07) is 16.6. The third-order valence-electron chi connectivity index (χ3n) is 3.76. The summed E-state index contributed by atoms with van der Waals surface area (Å²) in [5, 5.41) is 0. The monoisotopic (exact) mass is 348 g/mol. The van der Waals surface area contributed by atoms with Gasteiger partial charge in [-0.15, -0.1) is 0 Å². The van der Waals surface area contributed by atoms with Crippen LogP contribution >= 0.6 is 0 Å². The maximum absolute atomic E-state index is 13.1. The predicted molar refractivity (Wildman–Crippen MR) is 102 cm³/mol. The quantitative estimate of drug-likeness (QED) is 0.389. The van der Waals surface area contributed by atoms with Crippen molar-refractivity contribution < 1.29 is 9.53 Å². The van der Waals surface area contributed by atoms with E-state index in [4.69, 9.17) is 4.74 Å². The molecule has 132 valence electrons. The van der Waals surface area contributed by atoms with E-state index < -0.39 is 0 Å². The van der Waals surface area contributed by atoms with Crippen LogP contribution in [0, 0.1) is 0 Å². The molecule has 26 heavy (non-hydrogen) atoms. The minimum Gasteiger partial charge on any atom is -0.497 e. The number of aromatic nitrogens is 2. The van der Waals surface area contributed by atoms with Gasteiger partial charge in [0.2, 0.25) is 5.78 Å². The summed E-state index contributed by atoms with van der Waals surface area (Å²) in [5.41, 5.74) is 1.81. The average molecular weight is 348 g/mol. The first-order valence-corrected chi connectivity index (χ1v) is 8.12. The molecule has 0 amide bonds. The molecule has 0 bridgehead atoms. The third kappa shape index (κ3) is 3.64. The summed E-state index contributed by atoms with van der Waals surface area (Å²) in [6.07, 6.45) is 3.24. The van der Waals surface area contributed by atoms with Gasteiger partial charge in [-0.25, -0.2) is 9.98 Å². The number of benzene rings is 2. The highest BCUT2D eigenvalue weighted by Crippen LogP contribution is 2.25. The van der Waals surface area contributed by atoms with Gasteiger partial charge < -0.3 is 9.64 Å². The fourth-order valence-corrected chi connectivity index (χ4v) is 2.48. The molecule has 3 rings (SSSR count). The van der Waals surface area contributed by atoms with Crippen molar-refractivity contribution in [2.45, 2.75) is 0 Å². The van der Waals surface area contributed by atoms with Crippen molar-refractivity contribution in [2.75, 3.05) is 21.2 Å². The van der Waals surface area contributed by atoms with Gasteiger partial charge in [-0.1, -0.05) is 30.3 Å². The molecule has 0 fully saturated rings. The Balaban J connectivity index is 2.11. The lowest BCUT2D eigenvalue weighted by Gasteiger charge is -2.09. The van der Waals surface area contributed by atoms with Gasteiger partial charge in [0.1, 0.15) is 17.8 Å².